The highest BCUT2D eigenvalue weighted by atomic mass is 16.6. The van der Waals surface area contributed by atoms with Crippen LogP contribution in [0.2, 0.25) is 0 Å². The lowest BCUT2D eigenvalue weighted by atomic mass is 10.0. The van der Waals surface area contributed by atoms with Gasteiger partial charge >= 0.3 is 6.09 Å². The van der Waals surface area contributed by atoms with E-state index in [2.05, 4.69) is 10.2 Å². The molecule has 2 rings (SSSR count). The van der Waals surface area contributed by atoms with Crippen molar-refractivity contribution in [1.29, 1.82) is 0 Å². The van der Waals surface area contributed by atoms with Crippen molar-refractivity contribution in [1.82, 2.24) is 15.1 Å². The summed E-state index contributed by atoms with van der Waals surface area (Å²) in [7, 11) is 0. The predicted molar refractivity (Wildman–Crippen MR) is 79.6 cm³/mol. The van der Waals surface area contributed by atoms with Crippen molar-refractivity contribution in [2.45, 2.75) is 73.1 Å². The Kier molecular flexibility index (Phi) is 5.20. The molecule has 1 amide bonds. The first kappa shape index (κ1) is 16.5. The van der Waals surface area contributed by atoms with Gasteiger partial charge in [0.05, 0.1) is 12.2 Å². The first-order valence-electron chi connectivity index (χ1n) is 7.30. The monoisotopic (exact) mass is 281 g/mol. The van der Waals surface area contributed by atoms with Crippen molar-refractivity contribution in [3.63, 3.8) is 0 Å². The Balaban J connectivity index is 0.000000956. The Bertz CT molecular complexity index is 460. The second kappa shape index (κ2) is 6.29. The van der Waals surface area contributed by atoms with E-state index < -0.39 is 5.60 Å². The van der Waals surface area contributed by atoms with E-state index in [1.165, 1.54) is 0 Å². The van der Waals surface area contributed by atoms with Gasteiger partial charge in [-0.1, -0.05) is 13.8 Å². The second-order valence-electron chi connectivity index (χ2n) is 5.94. The molecule has 1 aromatic rings. The van der Waals surface area contributed by atoms with Crippen molar-refractivity contribution in [3.8, 4) is 0 Å². The number of hydrogen-bond acceptors (Lipinski definition) is 3. The summed E-state index contributed by atoms with van der Waals surface area (Å²) in [6.07, 6.45) is 0.528. The Labute approximate surface area is 121 Å². The van der Waals surface area contributed by atoms with Crippen molar-refractivity contribution in [2.75, 3.05) is 0 Å². The van der Waals surface area contributed by atoms with Gasteiger partial charge in [-0.3, -0.25) is 5.10 Å². The van der Waals surface area contributed by atoms with Gasteiger partial charge in [0.1, 0.15) is 5.60 Å². The second-order valence-corrected chi connectivity index (χ2v) is 5.94. The standard InChI is InChI=1S/C13H21N3O2.C2H6/c1-8-6-11-10(9(2)14-15-11)7-16(8)12(17)18-13(3,4)5;1-2/h8H,6-7H2,1-5H3,(H,14,15);1-2H3. The van der Waals surface area contributed by atoms with Gasteiger partial charge in [0, 0.05) is 23.7 Å². The number of nitrogens with one attached hydrogen (secondary N) is 1. The summed E-state index contributed by atoms with van der Waals surface area (Å²) in [6.45, 7) is 14.2. The number of hydrogen-bond donors (Lipinski definition) is 1. The molecule has 0 aromatic carbocycles. The minimum absolute atomic E-state index is 0.120. The Morgan fingerprint density at radius 2 is 2.00 bits per heavy atom. The molecule has 1 atom stereocenters. The van der Waals surface area contributed by atoms with Crippen molar-refractivity contribution >= 4 is 6.09 Å². The third-order valence-electron chi connectivity index (χ3n) is 3.14. The van der Waals surface area contributed by atoms with Crippen molar-refractivity contribution in [3.05, 3.63) is 17.0 Å². The maximum absolute atomic E-state index is 12.1. The molecule has 1 N–H and O–H groups in total. The summed E-state index contributed by atoms with van der Waals surface area (Å²) in [5.74, 6) is 0. The average molecular weight is 281 g/mol. The third-order valence-corrected chi connectivity index (χ3v) is 3.14. The molecule has 2 heterocycles. The first-order chi connectivity index (χ1) is 9.28. The number of fused-ring (bicyclic) bond motifs is 1. The first-order valence-corrected chi connectivity index (χ1v) is 7.30. The fourth-order valence-electron chi connectivity index (χ4n) is 2.16. The lowest BCUT2D eigenvalue weighted by Gasteiger charge is -2.34. The fraction of sp³-hybridized carbons (Fsp3) is 0.733. The van der Waals surface area contributed by atoms with Crippen LogP contribution in [0.4, 0.5) is 4.79 Å². The van der Waals surface area contributed by atoms with Crippen LogP contribution in [0, 0.1) is 6.92 Å². The molecular weight excluding hydrogens is 254 g/mol. The average Bonchev–Trinajstić information content (AvgIpc) is 2.69. The van der Waals surface area contributed by atoms with Gasteiger partial charge in [0.2, 0.25) is 0 Å². The smallest absolute Gasteiger partial charge is 0.410 e. The summed E-state index contributed by atoms with van der Waals surface area (Å²) in [5.41, 5.74) is 2.77. The van der Waals surface area contributed by atoms with E-state index in [1.807, 2.05) is 48.5 Å². The van der Waals surface area contributed by atoms with E-state index in [4.69, 9.17) is 4.74 Å². The number of ether oxygens (including phenoxy) is 1. The molecule has 114 valence electrons. The Hall–Kier alpha value is -1.52. The van der Waals surface area contributed by atoms with Gasteiger partial charge < -0.3 is 9.64 Å². The molecule has 0 spiro atoms. The highest BCUT2D eigenvalue weighted by Crippen LogP contribution is 2.25. The third kappa shape index (κ3) is 3.74. The molecule has 0 aliphatic carbocycles. The lowest BCUT2D eigenvalue weighted by Crippen LogP contribution is -2.45. The van der Waals surface area contributed by atoms with E-state index in [0.29, 0.717) is 6.54 Å². The molecule has 0 bridgehead atoms. The van der Waals surface area contributed by atoms with E-state index in [9.17, 15) is 4.79 Å². The van der Waals surface area contributed by atoms with Crippen molar-refractivity contribution < 1.29 is 9.53 Å². The number of amides is 1. The van der Waals surface area contributed by atoms with Gasteiger partial charge in [-0.2, -0.15) is 5.10 Å². The molecule has 20 heavy (non-hydrogen) atoms. The molecule has 1 aromatic heterocycles. The van der Waals surface area contributed by atoms with E-state index in [-0.39, 0.29) is 12.1 Å². The topological polar surface area (TPSA) is 58.2 Å². The number of rotatable bonds is 0. The number of aromatic nitrogens is 2. The zero-order valence-corrected chi connectivity index (χ0v) is 13.7. The molecule has 5 heteroatoms. The quantitative estimate of drug-likeness (QED) is 0.792. The summed E-state index contributed by atoms with van der Waals surface area (Å²) in [4.78, 5) is 13.9. The summed E-state index contributed by atoms with van der Waals surface area (Å²) in [6, 6.07) is 0.120. The van der Waals surface area contributed by atoms with Crippen LogP contribution in [0.15, 0.2) is 0 Å². The number of carbonyl (C=O) groups is 1. The minimum Gasteiger partial charge on any atom is -0.444 e. The van der Waals surface area contributed by atoms with E-state index in [1.54, 1.807) is 4.90 Å². The lowest BCUT2D eigenvalue weighted by molar-refractivity contribution is 0.0137. The van der Waals surface area contributed by atoms with E-state index >= 15 is 0 Å². The largest absolute Gasteiger partial charge is 0.444 e. The van der Waals surface area contributed by atoms with Crippen LogP contribution in [0.5, 0.6) is 0 Å². The van der Waals surface area contributed by atoms with Gasteiger partial charge in [0.15, 0.2) is 0 Å². The van der Waals surface area contributed by atoms with E-state index in [0.717, 1.165) is 23.4 Å². The van der Waals surface area contributed by atoms with Crippen molar-refractivity contribution in [2.24, 2.45) is 0 Å². The summed E-state index contributed by atoms with van der Waals surface area (Å²) in [5, 5.41) is 7.25. The number of carbonyl (C=O) groups excluding carboxylic acids is 1. The Morgan fingerprint density at radius 3 is 2.55 bits per heavy atom. The van der Waals surface area contributed by atoms with Gasteiger partial charge in [-0.15, -0.1) is 0 Å². The van der Waals surface area contributed by atoms with Crippen LogP contribution < -0.4 is 0 Å². The Morgan fingerprint density at radius 1 is 1.40 bits per heavy atom. The zero-order chi connectivity index (χ0) is 15.5. The maximum atomic E-state index is 12.1. The number of aryl methyl sites for hydroxylation is 1. The molecule has 0 radical (unpaired) electrons. The minimum atomic E-state index is -0.456. The van der Waals surface area contributed by atoms with Gasteiger partial charge in [-0.05, 0) is 34.6 Å². The molecule has 5 nitrogen and oxygen atoms in total. The van der Waals surface area contributed by atoms with Crippen LogP contribution in [-0.2, 0) is 17.7 Å². The number of H-pyrrole nitrogens is 1. The highest BCUT2D eigenvalue weighted by molar-refractivity contribution is 5.69. The molecule has 0 saturated heterocycles. The number of nitrogens with zero attached hydrogens (tertiary/aromatic N) is 2. The van der Waals surface area contributed by atoms with Crippen LogP contribution in [0.1, 0.15) is 58.5 Å². The van der Waals surface area contributed by atoms with Crippen LogP contribution in [-0.4, -0.2) is 32.8 Å². The van der Waals surface area contributed by atoms with Gasteiger partial charge in [0.25, 0.3) is 0 Å². The molecular formula is C15H27N3O2. The van der Waals surface area contributed by atoms with Crippen LogP contribution in [0.25, 0.3) is 0 Å². The maximum Gasteiger partial charge on any atom is 0.410 e. The number of aromatic amines is 1. The van der Waals surface area contributed by atoms with Gasteiger partial charge in [-0.25, -0.2) is 4.79 Å². The SMILES string of the molecule is CC.Cc1[nH]nc2c1CN(C(=O)OC(C)(C)C)C(C)C2. The fourth-order valence-corrected chi connectivity index (χ4v) is 2.16. The summed E-state index contributed by atoms with van der Waals surface area (Å²) >= 11 is 0. The molecule has 1 aliphatic heterocycles. The molecule has 0 saturated carbocycles. The van der Waals surface area contributed by atoms with Crippen LogP contribution >= 0.6 is 0 Å². The van der Waals surface area contributed by atoms with Crippen LogP contribution in [0.3, 0.4) is 0 Å². The predicted octanol–water partition coefficient (Wildman–Crippen LogP) is 3.43. The zero-order valence-electron chi connectivity index (χ0n) is 13.7. The molecule has 0 fully saturated rings. The summed E-state index contributed by atoms with van der Waals surface area (Å²) < 4.78 is 5.44. The normalized spacial score (nSPS) is 17.9. The molecule has 1 aliphatic rings. The molecule has 1 unspecified atom stereocenters. The highest BCUT2D eigenvalue weighted by Gasteiger charge is 2.32.